The molecule has 0 aliphatic heterocycles. The Labute approximate surface area is 127 Å². The van der Waals surface area contributed by atoms with Gasteiger partial charge in [-0.15, -0.1) is 0 Å². The molecule has 2 rings (SSSR count). The van der Waals surface area contributed by atoms with Crippen LogP contribution in [0.1, 0.15) is 38.3 Å². The molecule has 0 spiro atoms. The topological polar surface area (TPSA) is 35.2 Å². The highest BCUT2D eigenvalue weighted by Crippen LogP contribution is 2.24. The molecule has 2 N–H and O–H groups in total. The first-order valence-electron chi connectivity index (χ1n) is 7.78. The molecule has 0 saturated heterocycles. The van der Waals surface area contributed by atoms with E-state index in [1.54, 1.807) is 0 Å². The van der Waals surface area contributed by atoms with Crippen molar-refractivity contribution in [3.05, 3.63) is 60.2 Å². The molecule has 0 aromatic heterocycles. The number of ether oxygens (including phenoxy) is 1. The van der Waals surface area contributed by atoms with Gasteiger partial charge in [0, 0.05) is 6.61 Å². The Kier molecular flexibility index (Phi) is 5.97. The summed E-state index contributed by atoms with van der Waals surface area (Å²) in [5.74, 6) is 0. The van der Waals surface area contributed by atoms with Crippen LogP contribution in [0.2, 0.25) is 0 Å². The monoisotopic (exact) mass is 283 g/mol. The molecule has 0 radical (unpaired) electrons. The zero-order valence-electron chi connectivity index (χ0n) is 13.0. The SMILES string of the molecule is CCCC(OCC)C(N)c1ccc(-c2ccccc2)cc1. The van der Waals surface area contributed by atoms with Gasteiger partial charge in [-0.05, 0) is 30.0 Å². The van der Waals surface area contributed by atoms with Crippen LogP contribution in [0, 0.1) is 0 Å². The quantitative estimate of drug-likeness (QED) is 0.808. The second-order valence-electron chi connectivity index (χ2n) is 5.30. The molecule has 2 aromatic carbocycles. The van der Waals surface area contributed by atoms with Gasteiger partial charge in [-0.1, -0.05) is 67.9 Å². The molecule has 0 heterocycles. The molecule has 0 saturated carbocycles. The van der Waals surface area contributed by atoms with Gasteiger partial charge in [-0.3, -0.25) is 0 Å². The van der Waals surface area contributed by atoms with E-state index in [-0.39, 0.29) is 12.1 Å². The van der Waals surface area contributed by atoms with Crippen LogP contribution in [0.5, 0.6) is 0 Å². The molecule has 21 heavy (non-hydrogen) atoms. The largest absolute Gasteiger partial charge is 0.377 e. The van der Waals surface area contributed by atoms with Gasteiger partial charge in [0.15, 0.2) is 0 Å². The molecule has 0 aliphatic carbocycles. The Bertz CT molecular complexity index is 515. The van der Waals surface area contributed by atoms with E-state index in [0.717, 1.165) is 18.4 Å². The van der Waals surface area contributed by atoms with Crippen LogP contribution >= 0.6 is 0 Å². The van der Waals surface area contributed by atoms with E-state index >= 15 is 0 Å². The van der Waals surface area contributed by atoms with Crippen LogP contribution in [0.3, 0.4) is 0 Å². The van der Waals surface area contributed by atoms with E-state index in [2.05, 4.69) is 55.5 Å². The minimum atomic E-state index is -0.0604. The summed E-state index contributed by atoms with van der Waals surface area (Å²) in [5.41, 5.74) is 9.96. The standard InChI is InChI=1S/C19H25NO/c1-3-8-18(21-4-2)19(20)17-13-11-16(12-14-17)15-9-6-5-7-10-15/h5-7,9-14,18-19H,3-4,8,20H2,1-2H3. The minimum Gasteiger partial charge on any atom is -0.377 e. The Morgan fingerprint density at radius 2 is 1.52 bits per heavy atom. The number of nitrogens with two attached hydrogens (primary N) is 1. The summed E-state index contributed by atoms with van der Waals surface area (Å²) in [6, 6.07) is 18.8. The highest BCUT2D eigenvalue weighted by Gasteiger charge is 2.18. The molecular formula is C19H25NO. The van der Waals surface area contributed by atoms with E-state index < -0.39 is 0 Å². The lowest BCUT2D eigenvalue weighted by atomic mass is 9.96. The summed E-state index contributed by atoms with van der Waals surface area (Å²) in [7, 11) is 0. The Balaban J connectivity index is 2.14. The highest BCUT2D eigenvalue weighted by molar-refractivity contribution is 5.63. The average Bonchev–Trinajstić information content (AvgIpc) is 2.55. The molecule has 0 aliphatic rings. The fourth-order valence-electron chi connectivity index (χ4n) is 2.61. The van der Waals surface area contributed by atoms with Crippen LogP contribution in [0.4, 0.5) is 0 Å². The molecule has 0 bridgehead atoms. The van der Waals surface area contributed by atoms with Gasteiger partial charge < -0.3 is 10.5 Å². The number of benzene rings is 2. The molecule has 0 fully saturated rings. The zero-order valence-corrected chi connectivity index (χ0v) is 13.0. The second kappa shape index (κ2) is 7.96. The van der Waals surface area contributed by atoms with Gasteiger partial charge >= 0.3 is 0 Å². The van der Waals surface area contributed by atoms with Gasteiger partial charge in [-0.25, -0.2) is 0 Å². The van der Waals surface area contributed by atoms with Crippen molar-refractivity contribution in [1.82, 2.24) is 0 Å². The minimum absolute atomic E-state index is 0.0604. The highest BCUT2D eigenvalue weighted by atomic mass is 16.5. The van der Waals surface area contributed by atoms with Crippen molar-refractivity contribution < 1.29 is 4.74 Å². The van der Waals surface area contributed by atoms with Crippen molar-refractivity contribution in [3.8, 4) is 11.1 Å². The summed E-state index contributed by atoms with van der Waals surface area (Å²) in [6.07, 6.45) is 2.18. The van der Waals surface area contributed by atoms with Crippen LogP contribution in [-0.4, -0.2) is 12.7 Å². The molecule has 2 nitrogen and oxygen atoms in total. The van der Waals surface area contributed by atoms with Gasteiger partial charge in [0.25, 0.3) is 0 Å². The molecule has 2 heteroatoms. The van der Waals surface area contributed by atoms with E-state index in [9.17, 15) is 0 Å². The summed E-state index contributed by atoms with van der Waals surface area (Å²) >= 11 is 0. The van der Waals surface area contributed by atoms with Crippen molar-refractivity contribution in [2.45, 2.75) is 38.8 Å². The van der Waals surface area contributed by atoms with Crippen molar-refractivity contribution >= 4 is 0 Å². The maximum atomic E-state index is 6.38. The third-order valence-corrected chi connectivity index (χ3v) is 3.76. The molecular weight excluding hydrogens is 258 g/mol. The van der Waals surface area contributed by atoms with Crippen molar-refractivity contribution in [2.24, 2.45) is 5.73 Å². The summed E-state index contributed by atoms with van der Waals surface area (Å²) in [5, 5.41) is 0. The first kappa shape index (κ1) is 15.7. The maximum absolute atomic E-state index is 6.38. The van der Waals surface area contributed by atoms with Crippen LogP contribution in [-0.2, 0) is 4.74 Å². The number of rotatable bonds is 7. The van der Waals surface area contributed by atoms with E-state index in [1.807, 2.05) is 13.0 Å². The van der Waals surface area contributed by atoms with Gasteiger partial charge in [-0.2, -0.15) is 0 Å². The molecule has 2 aromatic rings. The van der Waals surface area contributed by atoms with Gasteiger partial charge in [0.05, 0.1) is 12.1 Å². The van der Waals surface area contributed by atoms with E-state index in [1.165, 1.54) is 11.1 Å². The van der Waals surface area contributed by atoms with Crippen molar-refractivity contribution in [1.29, 1.82) is 0 Å². The lowest BCUT2D eigenvalue weighted by Gasteiger charge is -2.24. The second-order valence-corrected chi connectivity index (χ2v) is 5.30. The summed E-state index contributed by atoms with van der Waals surface area (Å²) in [4.78, 5) is 0. The van der Waals surface area contributed by atoms with E-state index in [4.69, 9.17) is 10.5 Å². The average molecular weight is 283 g/mol. The Hall–Kier alpha value is -1.64. The van der Waals surface area contributed by atoms with Gasteiger partial charge in [0.1, 0.15) is 0 Å². The van der Waals surface area contributed by atoms with Crippen molar-refractivity contribution in [3.63, 3.8) is 0 Å². The fraction of sp³-hybridized carbons (Fsp3) is 0.368. The Morgan fingerprint density at radius 1 is 0.905 bits per heavy atom. The third kappa shape index (κ3) is 4.16. The zero-order chi connectivity index (χ0) is 15.1. The van der Waals surface area contributed by atoms with Crippen LogP contribution < -0.4 is 5.73 Å². The van der Waals surface area contributed by atoms with Crippen LogP contribution in [0.15, 0.2) is 54.6 Å². The first-order chi connectivity index (χ1) is 10.3. The lowest BCUT2D eigenvalue weighted by Crippen LogP contribution is -2.29. The van der Waals surface area contributed by atoms with Gasteiger partial charge in [0.2, 0.25) is 0 Å². The number of hydrogen-bond donors (Lipinski definition) is 1. The first-order valence-corrected chi connectivity index (χ1v) is 7.78. The fourth-order valence-corrected chi connectivity index (χ4v) is 2.61. The van der Waals surface area contributed by atoms with Crippen LogP contribution in [0.25, 0.3) is 11.1 Å². The number of hydrogen-bond acceptors (Lipinski definition) is 2. The molecule has 0 amide bonds. The maximum Gasteiger partial charge on any atom is 0.0767 e. The normalized spacial score (nSPS) is 13.9. The molecule has 112 valence electrons. The van der Waals surface area contributed by atoms with Crippen molar-refractivity contribution in [2.75, 3.05) is 6.61 Å². The summed E-state index contributed by atoms with van der Waals surface area (Å²) in [6.45, 7) is 4.89. The lowest BCUT2D eigenvalue weighted by molar-refractivity contribution is 0.0374. The van der Waals surface area contributed by atoms with E-state index in [0.29, 0.717) is 6.61 Å². The third-order valence-electron chi connectivity index (χ3n) is 3.76. The smallest absolute Gasteiger partial charge is 0.0767 e. The predicted octanol–water partition coefficient (Wildman–Crippen LogP) is 4.56. The predicted molar refractivity (Wildman–Crippen MR) is 89.1 cm³/mol. The molecule has 2 unspecified atom stereocenters. The Morgan fingerprint density at radius 3 is 2.10 bits per heavy atom. The molecule has 2 atom stereocenters. The summed E-state index contributed by atoms with van der Waals surface area (Å²) < 4.78 is 5.79.